The topological polar surface area (TPSA) is 12.0 Å². The molecular formula is C16H15N. The highest BCUT2D eigenvalue weighted by atomic mass is 14.9. The minimum absolute atomic E-state index is 1.13. The number of anilines is 1. The number of rotatable bonds is 2. The average Bonchev–Trinajstić information content (AvgIpc) is 2.40. The molecule has 0 aliphatic heterocycles. The van der Waals surface area contributed by atoms with Crippen molar-refractivity contribution in [3.8, 4) is 0 Å². The molecule has 0 radical (unpaired) electrons. The van der Waals surface area contributed by atoms with Gasteiger partial charge in [0.05, 0.1) is 0 Å². The van der Waals surface area contributed by atoms with E-state index in [1.807, 2.05) is 0 Å². The molecule has 1 N–H and O–H groups in total. The number of allylic oxidation sites excluding steroid dienone is 3. The van der Waals surface area contributed by atoms with Crippen LogP contribution in [0.4, 0.5) is 5.69 Å². The largest absolute Gasteiger partial charge is 0.356 e. The van der Waals surface area contributed by atoms with Crippen LogP contribution in [0, 0.1) is 0 Å². The fourth-order valence-corrected chi connectivity index (χ4v) is 2.14. The molecule has 1 heteroatoms. The van der Waals surface area contributed by atoms with Gasteiger partial charge in [-0.15, -0.1) is 0 Å². The van der Waals surface area contributed by atoms with Gasteiger partial charge < -0.3 is 5.32 Å². The number of nitrogens with one attached hydrogen (secondary N) is 1. The van der Waals surface area contributed by atoms with Crippen molar-refractivity contribution in [3.05, 3.63) is 66.4 Å². The summed E-state index contributed by atoms with van der Waals surface area (Å²) in [5, 5.41) is 6.01. The standard InChI is InChI=1S/C16H15N/c1-2-8-15(9-3-1)17-16-11-10-13-6-4-5-7-14(13)12-16/h2,4-12,17H,1,3H2. The van der Waals surface area contributed by atoms with Crippen LogP contribution in [0.15, 0.2) is 66.4 Å². The molecule has 1 aliphatic rings. The summed E-state index contributed by atoms with van der Waals surface area (Å²) in [5.74, 6) is 0. The molecule has 17 heavy (non-hydrogen) atoms. The summed E-state index contributed by atoms with van der Waals surface area (Å²) in [6, 6.07) is 14.9. The summed E-state index contributed by atoms with van der Waals surface area (Å²) in [7, 11) is 0. The van der Waals surface area contributed by atoms with E-state index in [0.717, 1.165) is 18.5 Å². The van der Waals surface area contributed by atoms with Crippen LogP contribution in [0.3, 0.4) is 0 Å². The number of fused-ring (bicyclic) bond motifs is 1. The van der Waals surface area contributed by atoms with Gasteiger partial charge in [0, 0.05) is 11.4 Å². The van der Waals surface area contributed by atoms with Crippen molar-refractivity contribution in [2.45, 2.75) is 12.8 Å². The second kappa shape index (κ2) is 4.46. The molecule has 0 saturated carbocycles. The highest BCUT2D eigenvalue weighted by molar-refractivity contribution is 5.86. The van der Waals surface area contributed by atoms with Gasteiger partial charge in [0.1, 0.15) is 0 Å². The summed E-state index contributed by atoms with van der Waals surface area (Å²) in [6.45, 7) is 0. The van der Waals surface area contributed by atoms with Crippen LogP contribution >= 0.6 is 0 Å². The Labute approximate surface area is 101 Å². The third-order valence-electron chi connectivity index (χ3n) is 3.03. The normalized spacial score (nSPS) is 14.7. The van der Waals surface area contributed by atoms with Crippen molar-refractivity contribution in [2.24, 2.45) is 0 Å². The van der Waals surface area contributed by atoms with Crippen molar-refractivity contribution in [2.75, 3.05) is 5.32 Å². The Hall–Kier alpha value is -2.02. The zero-order valence-electron chi connectivity index (χ0n) is 9.69. The Morgan fingerprint density at radius 2 is 1.76 bits per heavy atom. The number of hydrogen-bond donors (Lipinski definition) is 1. The average molecular weight is 221 g/mol. The number of hydrogen-bond acceptors (Lipinski definition) is 1. The zero-order valence-corrected chi connectivity index (χ0v) is 9.69. The van der Waals surface area contributed by atoms with E-state index in [-0.39, 0.29) is 0 Å². The molecule has 0 atom stereocenters. The molecule has 0 unspecified atom stereocenters. The third-order valence-corrected chi connectivity index (χ3v) is 3.03. The van der Waals surface area contributed by atoms with Crippen LogP contribution in [-0.4, -0.2) is 0 Å². The van der Waals surface area contributed by atoms with Crippen LogP contribution in [0.5, 0.6) is 0 Å². The van der Waals surface area contributed by atoms with Crippen LogP contribution in [0.25, 0.3) is 10.8 Å². The highest BCUT2D eigenvalue weighted by Gasteiger charge is 1.99. The first-order chi connectivity index (χ1) is 8.42. The highest BCUT2D eigenvalue weighted by Crippen LogP contribution is 2.21. The minimum Gasteiger partial charge on any atom is -0.356 e. The lowest BCUT2D eigenvalue weighted by molar-refractivity contribution is 1.02. The molecule has 1 nitrogen and oxygen atoms in total. The van der Waals surface area contributed by atoms with E-state index in [1.165, 1.54) is 16.5 Å². The van der Waals surface area contributed by atoms with Crippen molar-refractivity contribution in [1.82, 2.24) is 0 Å². The maximum absolute atomic E-state index is 3.45. The Morgan fingerprint density at radius 1 is 0.882 bits per heavy atom. The van der Waals surface area contributed by atoms with E-state index in [0.29, 0.717) is 0 Å². The smallest absolute Gasteiger partial charge is 0.0390 e. The van der Waals surface area contributed by atoms with E-state index < -0.39 is 0 Å². The first kappa shape index (κ1) is 10.2. The van der Waals surface area contributed by atoms with Crippen LogP contribution < -0.4 is 5.32 Å². The van der Waals surface area contributed by atoms with Gasteiger partial charge >= 0.3 is 0 Å². The molecule has 0 spiro atoms. The molecule has 0 fully saturated rings. The molecule has 2 aromatic carbocycles. The Morgan fingerprint density at radius 3 is 2.59 bits per heavy atom. The maximum atomic E-state index is 3.45. The van der Waals surface area contributed by atoms with Crippen LogP contribution in [0.2, 0.25) is 0 Å². The predicted molar refractivity (Wildman–Crippen MR) is 74.0 cm³/mol. The second-order valence-corrected chi connectivity index (χ2v) is 4.33. The van der Waals surface area contributed by atoms with Gasteiger partial charge in [0.15, 0.2) is 0 Å². The molecule has 0 aromatic heterocycles. The van der Waals surface area contributed by atoms with Crippen LogP contribution in [0.1, 0.15) is 12.8 Å². The summed E-state index contributed by atoms with van der Waals surface area (Å²) >= 11 is 0. The molecule has 2 aromatic rings. The van der Waals surface area contributed by atoms with E-state index >= 15 is 0 Å². The molecule has 1 aliphatic carbocycles. The van der Waals surface area contributed by atoms with Gasteiger partial charge in [-0.05, 0) is 41.8 Å². The first-order valence-corrected chi connectivity index (χ1v) is 6.04. The Kier molecular flexibility index (Phi) is 2.66. The van der Waals surface area contributed by atoms with Crippen molar-refractivity contribution in [3.63, 3.8) is 0 Å². The fourth-order valence-electron chi connectivity index (χ4n) is 2.14. The van der Waals surface area contributed by atoms with Crippen molar-refractivity contribution in [1.29, 1.82) is 0 Å². The van der Waals surface area contributed by atoms with Gasteiger partial charge in [0.2, 0.25) is 0 Å². The molecular weight excluding hydrogens is 206 g/mol. The molecule has 84 valence electrons. The quantitative estimate of drug-likeness (QED) is 0.788. The molecule has 0 heterocycles. The summed E-state index contributed by atoms with van der Waals surface area (Å²) < 4.78 is 0. The van der Waals surface area contributed by atoms with E-state index in [9.17, 15) is 0 Å². The van der Waals surface area contributed by atoms with Crippen LogP contribution in [-0.2, 0) is 0 Å². The van der Waals surface area contributed by atoms with E-state index in [2.05, 4.69) is 66.0 Å². The lowest BCUT2D eigenvalue weighted by Crippen LogP contribution is -1.98. The Bertz CT molecular complexity index is 593. The predicted octanol–water partition coefficient (Wildman–Crippen LogP) is 4.49. The van der Waals surface area contributed by atoms with Gasteiger partial charge in [-0.3, -0.25) is 0 Å². The molecule has 0 saturated heterocycles. The van der Waals surface area contributed by atoms with Gasteiger partial charge in [-0.25, -0.2) is 0 Å². The summed E-state index contributed by atoms with van der Waals surface area (Å²) in [5.41, 5.74) is 2.35. The van der Waals surface area contributed by atoms with E-state index in [1.54, 1.807) is 0 Å². The molecule has 0 bridgehead atoms. The SMILES string of the molecule is C1=CC(Nc2ccc3ccccc3c2)=CCC1. The monoisotopic (exact) mass is 221 g/mol. The van der Waals surface area contributed by atoms with Crippen molar-refractivity contribution < 1.29 is 0 Å². The maximum Gasteiger partial charge on any atom is 0.0390 e. The first-order valence-electron chi connectivity index (χ1n) is 6.04. The second-order valence-electron chi connectivity index (χ2n) is 4.33. The van der Waals surface area contributed by atoms with Crippen molar-refractivity contribution >= 4 is 16.5 Å². The van der Waals surface area contributed by atoms with E-state index in [4.69, 9.17) is 0 Å². The van der Waals surface area contributed by atoms with Gasteiger partial charge in [0.25, 0.3) is 0 Å². The number of benzene rings is 2. The Balaban J connectivity index is 1.90. The van der Waals surface area contributed by atoms with Gasteiger partial charge in [-0.2, -0.15) is 0 Å². The minimum atomic E-state index is 1.13. The third kappa shape index (κ3) is 2.23. The molecule has 0 amide bonds. The lowest BCUT2D eigenvalue weighted by Gasteiger charge is -2.11. The fraction of sp³-hybridized carbons (Fsp3) is 0.125. The van der Waals surface area contributed by atoms with Gasteiger partial charge in [-0.1, -0.05) is 42.5 Å². The zero-order chi connectivity index (χ0) is 11.5. The molecule has 3 rings (SSSR count). The summed E-state index contributed by atoms with van der Waals surface area (Å²) in [4.78, 5) is 0. The lowest BCUT2D eigenvalue weighted by atomic mass is 10.1. The summed E-state index contributed by atoms with van der Waals surface area (Å²) in [6.07, 6.45) is 8.90.